The first kappa shape index (κ1) is 29.0. The smallest absolute Gasteiger partial charge is 0.0667 e. The molecule has 0 amide bonds. The van der Waals surface area contributed by atoms with E-state index in [0.29, 0.717) is 0 Å². The van der Waals surface area contributed by atoms with Gasteiger partial charge in [-0.05, 0) is 94.1 Å². The average molecular weight is 601 g/mol. The number of fused-ring (bicyclic) bond motifs is 2. The number of aryl methyl sites for hydroxylation is 3. The van der Waals surface area contributed by atoms with Crippen LogP contribution in [0.2, 0.25) is 0 Å². The maximum absolute atomic E-state index is 2.43. The topological polar surface area (TPSA) is 0 Å². The van der Waals surface area contributed by atoms with Crippen LogP contribution in [0.25, 0.3) is 33.4 Å². The number of hydrogen-bond acceptors (Lipinski definition) is 0. The molecule has 224 valence electrons. The third-order valence-corrected chi connectivity index (χ3v) is 10.0. The Morgan fingerprint density at radius 1 is 0.404 bits per heavy atom. The first-order valence-corrected chi connectivity index (χ1v) is 16.7. The zero-order chi connectivity index (χ0) is 31.9. The van der Waals surface area contributed by atoms with Crippen molar-refractivity contribution in [1.29, 1.82) is 0 Å². The molecule has 0 bridgehead atoms. The predicted molar refractivity (Wildman–Crippen MR) is 202 cm³/mol. The lowest BCUT2D eigenvalue weighted by Crippen LogP contribution is -2.59. The van der Waals surface area contributed by atoms with E-state index in [1.54, 1.807) is 0 Å². The Labute approximate surface area is 279 Å². The molecule has 0 fully saturated rings. The predicted octanol–water partition coefficient (Wildman–Crippen LogP) is 9.62. The molecule has 1 aliphatic heterocycles. The average Bonchev–Trinajstić information content (AvgIpc) is 3.12. The van der Waals surface area contributed by atoms with Gasteiger partial charge in [-0.15, -0.1) is 0 Å². The van der Waals surface area contributed by atoms with Crippen molar-refractivity contribution in [2.75, 3.05) is 0 Å². The fraction of sp³-hybridized carbons (Fsp3) is 0.0870. The third kappa shape index (κ3) is 5.13. The Kier molecular flexibility index (Phi) is 7.46. The van der Waals surface area contributed by atoms with Gasteiger partial charge in [0.2, 0.25) is 6.71 Å². The third-order valence-electron chi connectivity index (χ3n) is 10.0. The van der Waals surface area contributed by atoms with Crippen molar-refractivity contribution in [2.45, 2.75) is 26.7 Å². The molecular weight excluding hydrogens is 563 g/mol. The van der Waals surface area contributed by atoms with Crippen molar-refractivity contribution in [3.63, 3.8) is 0 Å². The lowest BCUT2D eigenvalue weighted by molar-refractivity contribution is 0.953. The van der Waals surface area contributed by atoms with Crippen molar-refractivity contribution < 1.29 is 0 Å². The summed E-state index contributed by atoms with van der Waals surface area (Å²) < 4.78 is 0. The van der Waals surface area contributed by atoms with Gasteiger partial charge in [-0.25, -0.2) is 0 Å². The van der Waals surface area contributed by atoms with Crippen molar-refractivity contribution in [3.8, 4) is 33.4 Å². The van der Waals surface area contributed by atoms with E-state index in [1.165, 1.54) is 83.1 Å². The van der Waals surface area contributed by atoms with E-state index in [1.807, 2.05) is 0 Å². The minimum absolute atomic E-state index is 0.0555. The van der Waals surface area contributed by atoms with Gasteiger partial charge in [-0.3, -0.25) is 0 Å². The highest BCUT2D eigenvalue weighted by atomic mass is 14.3. The summed E-state index contributed by atoms with van der Waals surface area (Å²) in [6.45, 7) is 6.84. The Hall–Kier alpha value is -5.40. The molecule has 1 heterocycles. The molecule has 0 atom stereocenters. The molecule has 7 aromatic carbocycles. The van der Waals surface area contributed by atoms with Crippen molar-refractivity contribution >= 4 is 23.1 Å². The monoisotopic (exact) mass is 600 g/mol. The van der Waals surface area contributed by atoms with E-state index >= 15 is 0 Å². The second-order valence-corrected chi connectivity index (χ2v) is 13.0. The quantitative estimate of drug-likeness (QED) is 0.173. The Balaban J connectivity index is 1.48. The van der Waals surface area contributed by atoms with E-state index < -0.39 is 0 Å². The summed E-state index contributed by atoms with van der Waals surface area (Å²) in [7, 11) is 0. The van der Waals surface area contributed by atoms with Crippen LogP contribution in [-0.4, -0.2) is 6.71 Å². The summed E-state index contributed by atoms with van der Waals surface area (Å²) in [6, 6.07) is 60.8. The SMILES string of the molecule is Cc1cc(C)c(C2c3ccccc3B(c3c(-c4ccccc4)cc(-c4ccccc4)cc3-c3ccccc3)c3ccccc32)c(C)c1. The molecule has 0 unspecified atom stereocenters. The van der Waals surface area contributed by atoms with Crippen LogP contribution in [0.5, 0.6) is 0 Å². The molecule has 0 saturated carbocycles. The van der Waals surface area contributed by atoms with Gasteiger partial charge < -0.3 is 0 Å². The lowest BCUT2D eigenvalue weighted by atomic mass is 9.31. The minimum atomic E-state index is 0.0555. The van der Waals surface area contributed by atoms with Crippen molar-refractivity contribution in [2.24, 2.45) is 0 Å². The molecule has 1 aliphatic rings. The zero-order valence-corrected chi connectivity index (χ0v) is 27.2. The maximum atomic E-state index is 2.43. The second-order valence-electron chi connectivity index (χ2n) is 13.0. The van der Waals surface area contributed by atoms with Gasteiger partial charge in [-0.1, -0.05) is 174 Å². The van der Waals surface area contributed by atoms with Gasteiger partial charge in [0.05, 0.1) is 0 Å². The number of hydrogen-bond donors (Lipinski definition) is 0. The van der Waals surface area contributed by atoms with Gasteiger partial charge in [0.1, 0.15) is 0 Å². The fourth-order valence-corrected chi connectivity index (χ4v) is 8.15. The Bertz CT molecular complexity index is 2080. The summed E-state index contributed by atoms with van der Waals surface area (Å²) in [4.78, 5) is 0. The van der Waals surface area contributed by atoms with E-state index in [0.717, 1.165) is 0 Å². The van der Waals surface area contributed by atoms with E-state index in [9.17, 15) is 0 Å². The van der Waals surface area contributed by atoms with Gasteiger partial charge in [0.25, 0.3) is 0 Å². The standard InChI is InChI=1S/C46H37B/c1-31-27-32(2)44(33(3)28-31)45-38-23-13-15-25-42(38)47(43-26-16-14-24-39(43)45)46-40(35-19-9-5-10-20-35)29-37(34-17-7-4-8-18-34)30-41(46)36-21-11-6-12-22-36/h4-30,45H,1-3H3. The van der Waals surface area contributed by atoms with Crippen molar-refractivity contribution in [3.05, 3.63) is 197 Å². The summed E-state index contributed by atoms with van der Waals surface area (Å²) in [5, 5.41) is 0. The summed E-state index contributed by atoms with van der Waals surface area (Å²) in [5.74, 6) is 0.170. The largest absolute Gasteiger partial charge is 0.243 e. The van der Waals surface area contributed by atoms with Gasteiger partial charge in [-0.2, -0.15) is 0 Å². The van der Waals surface area contributed by atoms with Crippen LogP contribution in [0, 0.1) is 20.8 Å². The molecule has 7 aromatic rings. The van der Waals surface area contributed by atoms with Gasteiger partial charge >= 0.3 is 0 Å². The van der Waals surface area contributed by atoms with Crippen LogP contribution >= 0.6 is 0 Å². The van der Waals surface area contributed by atoms with E-state index in [4.69, 9.17) is 0 Å². The van der Waals surface area contributed by atoms with Crippen LogP contribution in [-0.2, 0) is 0 Å². The fourth-order valence-electron chi connectivity index (χ4n) is 8.15. The Morgan fingerprint density at radius 3 is 1.28 bits per heavy atom. The summed E-state index contributed by atoms with van der Waals surface area (Å²) in [6.07, 6.45) is 0. The number of benzene rings is 7. The first-order valence-electron chi connectivity index (χ1n) is 16.7. The second kappa shape index (κ2) is 12.1. The highest BCUT2D eigenvalue weighted by molar-refractivity contribution is 6.98. The molecule has 0 N–H and O–H groups in total. The first-order chi connectivity index (χ1) is 23.1. The Morgan fingerprint density at radius 2 is 0.809 bits per heavy atom. The van der Waals surface area contributed by atoms with Crippen LogP contribution < -0.4 is 16.4 Å². The molecule has 47 heavy (non-hydrogen) atoms. The van der Waals surface area contributed by atoms with E-state index in [-0.39, 0.29) is 12.6 Å². The molecule has 0 spiro atoms. The molecule has 0 aromatic heterocycles. The highest BCUT2D eigenvalue weighted by Crippen LogP contribution is 2.39. The molecule has 0 radical (unpaired) electrons. The van der Waals surface area contributed by atoms with Gasteiger partial charge in [0.15, 0.2) is 0 Å². The molecule has 1 heteroatoms. The molecular formula is C46H37B. The van der Waals surface area contributed by atoms with Gasteiger partial charge in [0, 0.05) is 5.92 Å². The molecule has 8 rings (SSSR count). The highest BCUT2D eigenvalue weighted by Gasteiger charge is 2.39. The summed E-state index contributed by atoms with van der Waals surface area (Å²) in [5.41, 5.74) is 19.9. The van der Waals surface area contributed by atoms with E-state index in [2.05, 4.69) is 185 Å². The molecule has 0 saturated heterocycles. The van der Waals surface area contributed by atoms with Crippen LogP contribution in [0.15, 0.2) is 164 Å². The lowest BCUT2D eigenvalue weighted by Gasteiger charge is -2.36. The number of rotatable bonds is 5. The molecule has 0 aliphatic carbocycles. The van der Waals surface area contributed by atoms with Crippen LogP contribution in [0.4, 0.5) is 0 Å². The maximum Gasteiger partial charge on any atom is 0.243 e. The van der Waals surface area contributed by atoms with Crippen LogP contribution in [0.3, 0.4) is 0 Å². The minimum Gasteiger partial charge on any atom is -0.0667 e. The normalized spacial score (nSPS) is 12.4. The molecule has 0 nitrogen and oxygen atoms in total. The van der Waals surface area contributed by atoms with Crippen molar-refractivity contribution in [1.82, 2.24) is 0 Å². The van der Waals surface area contributed by atoms with Crippen LogP contribution in [0.1, 0.15) is 39.3 Å². The zero-order valence-electron chi connectivity index (χ0n) is 27.2. The summed E-state index contributed by atoms with van der Waals surface area (Å²) >= 11 is 0.